The van der Waals surface area contributed by atoms with Crippen LogP contribution in [-0.4, -0.2) is 37.1 Å². The van der Waals surface area contributed by atoms with Gasteiger partial charge in [0.25, 0.3) is 0 Å². The molecule has 0 N–H and O–H groups in total. The topological polar surface area (TPSA) is 29.5 Å². The highest BCUT2D eigenvalue weighted by molar-refractivity contribution is 5.46. The minimum atomic E-state index is 0.544. The average molecular weight is 245 g/mol. The summed E-state index contributed by atoms with van der Waals surface area (Å²) >= 11 is 0. The second-order valence-corrected chi connectivity index (χ2v) is 4.76. The summed E-state index contributed by atoms with van der Waals surface area (Å²) in [5, 5.41) is 0. The third-order valence-electron chi connectivity index (χ3n) is 3.46. The summed E-state index contributed by atoms with van der Waals surface area (Å²) < 4.78 is 5.79. The molecular formula is C15H19NO2. The molecule has 0 spiro atoms. The summed E-state index contributed by atoms with van der Waals surface area (Å²) in [7, 11) is 2.15. The van der Waals surface area contributed by atoms with E-state index in [1.54, 1.807) is 5.94 Å². The molecule has 18 heavy (non-hydrogen) atoms. The molecule has 1 aliphatic heterocycles. The molecule has 1 aromatic carbocycles. The summed E-state index contributed by atoms with van der Waals surface area (Å²) in [4.78, 5) is 12.5. The number of likely N-dealkylation sites (N-methyl/N-ethyl adjacent to an activating group) is 1. The van der Waals surface area contributed by atoms with Gasteiger partial charge in [-0.2, -0.15) is 0 Å². The molecular weight excluding hydrogens is 226 g/mol. The van der Waals surface area contributed by atoms with Gasteiger partial charge in [-0.3, -0.25) is 0 Å². The Kier molecular flexibility index (Phi) is 4.57. The predicted molar refractivity (Wildman–Crippen MR) is 71.6 cm³/mol. The van der Waals surface area contributed by atoms with Crippen molar-refractivity contribution < 1.29 is 9.53 Å². The molecule has 1 fully saturated rings. The van der Waals surface area contributed by atoms with Crippen LogP contribution in [0.3, 0.4) is 0 Å². The summed E-state index contributed by atoms with van der Waals surface area (Å²) in [6.07, 6.45) is 4.61. The maximum absolute atomic E-state index is 10.1. The van der Waals surface area contributed by atoms with Crippen molar-refractivity contribution >= 4 is 5.94 Å². The maximum Gasteiger partial charge on any atom is 0.120 e. The lowest BCUT2D eigenvalue weighted by Crippen LogP contribution is -2.30. The zero-order valence-electron chi connectivity index (χ0n) is 10.8. The molecule has 1 aromatic rings. The van der Waals surface area contributed by atoms with Crippen molar-refractivity contribution in [1.82, 2.24) is 4.90 Å². The van der Waals surface area contributed by atoms with Gasteiger partial charge < -0.3 is 9.64 Å². The fraction of sp³-hybridized carbons (Fsp3) is 0.467. The van der Waals surface area contributed by atoms with E-state index in [0.717, 1.165) is 17.9 Å². The number of allylic oxidation sites excluding steroid dienone is 1. The van der Waals surface area contributed by atoms with Crippen LogP contribution in [0.2, 0.25) is 0 Å². The van der Waals surface area contributed by atoms with Gasteiger partial charge in [-0.15, -0.1) is 0 Å². The first-order valence-electron chi connectivity index (χ1n) is 6.41. The molecule has 2 rings (SSSR count). The van der Waals surface area contributed by atoms with E-state index in [1.165, 1.54) is 25.5 Å². The number of carbonyl (C=O) groups excluding carboxylic acids is 1. The standard InChI is InChI=1S/C15H19NO2/c1-16-10-2-5-14(16)12-18-15-8-6-13(7-9-15)4-3-11-17/h3,6-9,14H,2,4-5,10,12H2,1H3. The van der Waals surface area contributed by atoms with Gasteiger partial charge in [0.15, 0.2) is 0 Å². The van der Waals surface area contributed by atoms with Crippen molar-refractivity contribution in [2.75, 3.05) is 20.2 Å². The molecule has 0 aliphatic carbocycles. The van der Waals surface area contributed by atoms with Gasteiger partial charge >= 0.3 is 0 Å². The molecule has 0 saturated carbocycles. The van der Waals surface area contributed by atoms with E-state index in [4.69, 9.17) is 4.74 Å². The van der Waals surface area contributed by atoms with Crippen molar-refractivity contribution in [1.29, 1.82) is 0 Å². The minimum Gasteiger partial charge on any atom is -0.492 e. The van der Waals surface area contributed by atoms with Gasteiger partial charge in [0.1, 0.15) is 18.3 Å². The lowest BCUT2D eigenvalue weighted by molar-refractivity contribution is 0.198. The Morgan fingerprint density at radius 1 is 1.44 bits per heavy atom. The molecule has 0 amide bonds. The monoisotopic (exact) mass is 245 g/mol. The summed E-state index contributed by atoms with van der Waals surface area (Å²) in [6.45, 7) is 1.93. The number of likely N-dealkylation sites (tertiary alicyclic amines) is 1. The Bertz CT molecular complexity index is 421. The van der Waals surface area contributed by atoms with Crippen molar-refractivity contribution in [3.8, 4) is 5.75 Å². The minimum absolute atomic E-state index is 0.544. The van der Waals surface area contributed by atoms with E-state index < -0.39 is 0 Å². The Morgan fingerprint density at radius 3 is 2.83 bits per heavy atom. The molecule has 96 valence electrons. The molecule has 0 bridgehead atoms. The Labute approximate surface area is 108 Å². The van der Waals surface area contributed by atoms with Crippen LogP contribution in [0.15, 0.2) is 30.3 Å². The van der Waals surface area contributed by atoms with E-state index in [9.17, 15) is 4.79 Å². The number of hydrogen-bond acceptors (Lipinski definition) is 3. The second-order valence-electron chi connectivity index (χ2n) is 4.76. The van der Waals surface area contributed by atoms with Crippen molar-refractivity contribution in [2.45, 2.75) is 25.3 Å². The number of nitrogens with zero attached hydrogens (tertiary/aromatic N) is 1. The summed E-state index contributed by atoms with van der Waals surface area (Å²) in [5.41, 5.74) is 1.10. The molecule has 0 aromatic heterocycles. The van der Waals surface area contributed by atoms with Crippen LogP contribution in [0.25, 0.3) is 0 Å². The van der Waals surface area contributed by atoms with Gasteiger partial charge in [-0.1, -0.05) is 12.1 Å². The first kappa shape index (κ1) is 12.9. The Hall–Kier alpha value is -1.57. The fourth-order valence-electron chi connectivity index (χ4n) is 2.26. The van der Waals surface area contributed by atoms with E-state index in [-0.39, 0.29) is 0 Å². The Morgan fingerprint density at radius 2 is 2.22 bits per heavy atom. The molecule has 1 aliphatic rings. The largest absolute Gasteiger partial charge is 0.492 e. The number of benzene rings is 1. The molecule has 1 atom stereocenters. The highest BCUT2D eigenvalue weighted by Crippen LogP contribution is 2.18. The smallest absolute Gasteiger partial charge is 0.120 e. The number of hydrogen-bond donors (Lipinski definition) is 0. The van der Waals surface area contributed by atoms with Gasteiger partial charge in [0.2, 0.25) is 0 Å². The molecule has 3 nitrogen and oxygen atoms in total. The normalized spacial score (nSPS) is 19.5. The highest BCUT2D eigenvalue weighted by atomic mass is 16.5. The van der Waals surface area contributed by atoms with Crippen molar-refractivity contribution in [2.24, 2.45) is 0 Å². The Balaban J connectivity index is 1.84. The zero-order chi connectivity index (χ0) is 12.8. The van der Waals surface area contributed by atoms with Crippen LogP contribution in [0, 0.1) is 0 Å². The highest BCUT2D eigenvalue weighted by Gasteiger charge is 2.21. The maximum atomic E-state index is 10.1. The third kappa shape index (κ3) is 3.46. The average Bonchev–Trinajstić information content (AvgIpc) is 2.81. The van der Waals surface area contributed by atoms with Crippen LogP contribution >= 0.6 is 0 Å². The molecule has 3 heteroatoms. The van der Waals surface area contributed by atoms with Gasteiger partial charge in [-0.05, 0) is 44.1 Å². The van der Waals surface area contributed by atoms with E-state index in [2.05, 4.69) is 11.9 Å². The quantitative estimate of drug-likeness (QED) is 0.744. The van der Waals surface area contributed by atoms with E-state index in [1.807, 2.05) is 24.3 Å². The zero-order valence-corrected chi connectivity index (χ0v) is 10.8. The number of ether oxygens (including phenoxy) is 1. The predicted octanol–water partition coefficient (Wildman–Crippen LogP) is 2.09. The van der Waals surface area contributed by atoms with Gasteiger partial charge in [-0.25, -0.2) is 4.79 Å². The van der Waals surface area contributed by atoms with Gasteiger partial charge in [0.05, 0.1) is 0 Å². The van der Waals surface area contributed by atoms with Crippen molar-refractivity contribution in [3.05, 3.63) is 35.9 Å². The molecule has 0 radical (unpaired) electrons. The van der Waals surface area contributed by atoms with Crippen LogP contribution in [0.5, 0.6) is 5.75 Å². The summed E-state index contributed by atoms with van der Waals surface area (Å²) in [5.74, 6) is 2.68. The van der Waals surface area contributed by atoms with Crippen LogP contribution < -0.4 is 4.74 Å². The summed E-state index contributed by atoms with van der Waals surface area (Å²) in [6, 6.07) is 8.44. The molecule has 1 saturated heterocycles. The number of rotatable bonds is 5. The third-order valence-corrected chi connectivity index (χ3v) is 3.46. The molecule has 1 heterocycles. The lowest BCUT2D eigenvalue weighted by Gasteiger charge is -2.19. The van der Waals surface area contributed by atoms with Crippen LogP contribution in [0.4, 0.5) is 0 Å². The van der Waals surface area contributed by atoms with Gasteiger partial charge in [0, 0.05) is 18.5 Å². The first-order valence-corrected chi connectivity index (χ1v) is 6.41. The van der Waals surface area contributed by atoms with E-state index >= 15 is 0 Å². The molecule has 1 unspecified atom stereocenters. The van der Waals surface area contributed by atoms with Crippen molar-refractivity contribution in [3.63, 3.8) is 0 Å². The van der Waals surface area contributed by atoms with E-state index in [0.29, 0.717) is 12.5 Å². The fourth-order valence-corrected chi connectivity index (χ4v) is 2.26. The SMILES string of the molecule is CN1CCCC1COc1ccc(CC=C=O)cc1. The van der Waals surface area contributed by atoms with Crippen LogP contribution in [-0.2, 0) is 11.2 Å². The second kappa shape index (κ2) is 6.39. The lowest BCUT2D eigenvalue weighted by atomic mass is 10.1. The van der Waals surface area contributed by atoms with Crippen LogP contribution in [0.1, 0.15) is 18.4 Å². The first-order chi connectivity index (χ1) is 8.79.